The van der Waals surface area contributed by atoms with Gasteiger partial charge in [0.2, 0.25) is 5.91 Å². The molecular weight excluding hydrogens is 401 g/mol. The summed E-state index contributed by atoms with van der Waals surface area (Å²) in [6.07, 6.45) is 3.29. The number of para-hydroxylation sites is 1. The second-order valence-corrected chi connectivity index (χ2v) is 8.17. The number of hydrogen-bond donors (Lipinski definition) is 0. The topological polar surface area (TPSA) is 55.2 Å². The van der Waals surface area contributed by atoms with E-state index in [1.807, 2.05) is 29.6 Å². The molecule has 0 bridgehead atoms. The standard InChI is InChI=1S/C23H18FN3O2S/c24-17-9-7-15(8-10-17)18-13-30-22-21(18)25-14-26(23(22)29)12-20(28)27-11-3-5-16-4-1-2-6-19(16)27/h1-2,4,6-10,13-14H,3,5,11-12H2. The minimum absolute atomic E-state index is 0.0557. The van der Waals surface area contributed by atoms with Crippen molar-refractivity contribution in [3.05, 3.63) is 82.0 Å². The molecule has 2 aromatic carbocycles. The smallest absolute Gasteiger partial charge is 0.271 e. The second-order valence-electron chi connectivity index (χ2n) is 7.29. The van der Waals surface area contributed by atoms with Gasteiger partial charge in [0.1, 0.15) is 17.1 Å². The Morgan fingerprint density at radius 2 is 1.93 bits per heavy atom. The van der Waals surface area contributed by atoms with Crippen LogP contribution in [0.15, 0.2) is 65.0 Å². The minimum Gasteiger partial charge on any atom is -0.311 e. The predicted octanol–water partition coefficient (Wildman–Crippen LogP) is 4.24. The molecule has 0 atom stereocenters. The maximum Gasteiger partial charge on any atom is 0.271 e. The van der Waals surface area contributed by atoms with Gasteiger partial charge in [0.25, 0.3) is 5.56 Å². The van der Waals surface area contributed by atoms with Gasteiger partial charge in [-0.3, -0.25) is 14.2 Å². The second kappa shape index (κ2) is 7.50. The zero-order chi connectivity index (χ0) is 20.7. The van der Waals surface area contributed by atoms with Crippen LogP contribution in [-0.4, -0.2) is 22.0 Å². The molecular formula is C23H18FN3O2S. The van der Waals surface area contributed by atoms with E-state index in [0.717, 1.165) is 35.2 Å². The van der Waals surface area contributed by atoms with Crippen LogP contribution in [0.4, 0.5) is 10.1 Å². The molecule has 0 fully saturated rings. The first-order chi connectivity index (χ1) is 14.6. The first-order valence-electron chi connectivity index (χ1n) is 9.72. The molecule has 0 spiro atoms. The van der Waals surface area contributed by atoms with Gasteiger partial charge in [-0.2, -0.15) is 0 Å². The Morgan fingerprint density at radius 3 is 2.77 bits per heavy atom. The number of nitrogens with zero attached hydrogens (tertiary/aromatic N) is 3. The van der Waals surface area contributed by atoms with Crippen LogP contribution in [0, 0.1) is 5.82 Å². The number of anilines is 1. The number of thiophene rings is 1. The zero-order valence-corrected chi connectivity index (χ0v) is 16.9. The molecule has 1 aliphatic heterocycles. The largest absolute Gasteiger partial charge is 0.311 e. The Balaban J connectivity index is 1.46. The van der Waals surface area contributed by atoms with Gasteiger partial charge < -0.3 is 4.90 Å². The number of aromatic nitrogens is 2. The highest BCUT2D eigenvalue weighted by molar-refractivity contribution is 7.17. The summed E-state index contributed by atoms with van der Waals surface area (Å²) < 4.78 is 15.1. The molecule has 7 heteroatoms. The minimum atomic E-state index is -0.314. The number of halogens is 1. The van der Waals surface area contributed by atoms with Crippen LogP contribution in [0.2, 0.25) is 0 Å². The SMILES string of the molecule is O=C(Cn1cnc2c(-c3ccc(F)cc3)csc2c1=O)N1CCCc2ccccc21. The number of benzene rings is 2. The molecule has 4 aromatic rings. The van der Waals surface area contributed by atoms with E-state index in [1.165, 1.54) is 34.4 Å². The van der Waals surface area contributed by atoms with Gasteiger partial charge >= 0.3 is 0 Å². The normalized spacial score (nSPS) is 13.4. The summed E-state index contributed by atoms with van der Waals surface area (Å²) in [5.41, 5.74) is 4.00. The molecule has 0 unspecified atom stereocenters. The van der Waals surface area contributed by atoms with Gasteiger partial charge in [-0.25, -0.2) is 9.37 Å². The van der Waals surface area contributed by atoms with Gasteiger partial charge in [0.15, 0.2) is 0 Å². The van der Waals surface area contributed by atoms with Crippen molar-refractivity contribution in [1.82, 2.24) is 9.55 Å². The monoisotopic (exact) mass is 419 g/mol. The molecule has 0 saturated heterocycles. The highest BCUT2D eigenvalue weighted by Crippen LogP contribution is 2.31. The molecule has 3 heterocycles. The van der Waals surface area contributed by atoms with Crippen LogP contribution in [0.1, 0.15) is 12.0 Å². The van der Waals surface area contributed by atoms with E-state index < -0.39 is 0 Å². The fourth-order valence-corrected chi connectivity index (χ4v) is 4.89. The molecule has 0 N–H and O–H groups in total. The summed E-state index contributed by atoms with van der Waals surface area (Å²) in [5.74, 6) is -0.438. The number of carbonyl (C=O) groups is 1. The Hall–Kier alpha value is -3.32. The maximum absolute atomic E-state index is 13.2. The quantitative estimate of drug-likeness (QED) is 0.499. The Kier molecular flexibility index (Phi) is 4.67. The summed E-state index contributed by atoms with van der Waals surface area (Å²) in [4.78, 5) is 32.2. The third-order valence-corrected chi connectivity index (χ3v) is 6.38. The van der Waals surface area contributed by atoms with Crippen molar-refractivity contribution in [1.29, 1.82) is 0 Å². The first kappa shape index (κ1) is 18.7. The molecule has 5 nitrogen and oxygen atoms in total. The lowest BCUT2D eigenvalue weighted by atomic mass is 10.0. The lowest BCUT2D eigenvalue weighted by Crippen LogP contribution is -2.39. The fourth-order valence-electron chi connectivity index (χ4n) is 3.91. The van der Waals surface area contributed by atoms with Crippen molar-refractivity contribution in [3.63, 3.8) is 0 Å². The van der Waals surface area contributed by atoms with E-state index in [-0.39, 0.29) is 23.8 Å². The number of amides is 1. The summed E-state index contributed by atoms with van der Waals surface area (Å²) in [5, 5.41) is 1.85. The van der Waals surface area contributed by atoms with Crippen molar-refractivity contribution in [2.24, 2.45) is 0 Å². The molecule has 150 valence electrons. The van der Waals surface area contributed by atoms with E-state index in [4.69, 9.17) is 0 Å². The van der Waals surface area contributed by atoms with Crippen LogP contribution in [0.25, 0.3) is 21.3 Å². The third kappa shape index (κ3) is 3.21. The van der Waals surface area contributed by atoms with Crippen LogP contribution in [0.3, 0.4) is 0 Å². The zero-order valence-electron chi connectivity index (χ0n) is 16.0. The summed E-state index contributed by atoms with van der Waals surface area (Å²) in [6, 6.07) is 14.0. The van der Waals surface area contributed by atoms with E-state index in [0.29, 0.717) is 16.8 Å². The number of fused-ring (bicyclic) bond motifs is 2. The van der Waals surface area contributed by atoms with E-state index in [1.54, 1.807) is 17.0 Å². The van der Waals surface area contributed by atoms with Gasteiger partial charge in [0.05, 0.1) is 11.8 Å². The van der Waals surface area contributed by atoms with E-state index >= 15 is 0 Å². The van der Waals surface area contributed by atoms with Gasteiger partial charge in [-0.15, -0.1) is 11.3 Å². The molecule has 30 heavy (non-hydrogen) atoms. The van der Waals surface area contributed by atoms with Crippen LogP contribution in [0.5, 0.6) is 0 Å². The Labute approximate surface area is 176 Å². The van der Waals surface area contributed by atoms with Gasteiger partial charge in [-0.1, -0.05) is 30.3 Å². The average molecular weight is 419 g/mol. The maximum atomic E-state index is 13.2. The van der Waals surface area contributed by atoms with Crippen LogP contribution >= 0.6 is 11.3 Å². The Bertz CT molecular complexity index is 1310. The molecule has 1 amide bonds. The van der Waals surface area contributed by atoms with Crippen molar-refractivity contribution in [2.75, 3.05) is 11.4 Å². The molecule has 0 radical (unpaired) electrons. The lowest BCUT2D eigenvalue weighted by molar-refractivity contribution is -0.119. The number of carbonyl (C=O) groups excluding carboxylic acids is 1. The lowest BCUT2D eigenvalue weighted by Gasteiger charge is -2.29. The van der Waals surface area contributed by atoms with E-state index in [2.05, 4.69) is 4.98 Å². The summed E-state index contributed by atoms with van der Waals surface area (Å²) in [6.45, 7) is 0.591. The summed E-state index contributed by atoms with van der Waals surface area (Å²) in [7, 11) is 0. The highest BCUT2D eigenvalue weighted by Gasteiger charge is 2.23. The molecule has 0 saturated carbocycles. The highest BCUT2D eigenvalue weighted by atomic mass is 32.1. The van der Waals surface area contributed by atoms with Gasteiger partial charge in [-0.05, 0) is 42.2 Å². The molecule has 5 rings (SSSR count). The Morgan fingerprint density at radius 1 is 1.13 bits per heavy atom. The molecule has 1 aliphatic rings. The third-order valence-electron chi connectivity index (χ3n) is 5.42. The van der Waals surface area contributed by atoms with Crippen molar-refractivity contribution in [3.8, 4) is 11.1 Å². The van der Waals surface area contributed by atoms with Crippen molar-refractivity contribution in [2.45, 2.75) is 19.4 Å². The van der Waals surface area contributed by atoms with E-state index in [9.17, 15) is 14.0 Å². The van der Waals surface area contributed by atoms with Crippen molar-refractivity contribution >= 4 is 33.1 Å². The van der Waals surface area contributed by atoms with Gasteiger partial charge in [0, 0.05) is 23.2 Å². The number of aryl methyl sites for hydroxylation is 1. The average Bonchev–Trinajstić information content (AvgIpc) is 3.20. The van der Waals surface area contributed by atoms with Crippen molar-refractivity contribution < 1.29 is 9.18 Å². The summed E-state index contributed by atoms with van der Waals surface area (Å²) >= 11 is 1.29. The molecule has 0 aliphatic carbocycles. The number of hydrogen-bond acceptors (Lipinski definition) is 4. The van der Waals surface area contributed by atoms with Crippen LogP contribution in [-0.2, 0) is 17.8 Å². The van der Waals surface area contributed by atoms with Crippen LogP contribution < -0.4 is 10.5 Å². The number of rotatable bonds is 3. The first-order valence-corrected chi connectivity index (χ1v) is 10.6. The predicted molar refractivity (Wildman–Crippen MR) is 116 cm³/mol. The molecule has 2 aromatic heterocycles. The fraction of sp³-hybridized carbons (Fsp3) is 0.174.